The molecule has 0 aromatic heterocycles. The van der Waals surface area contributed by atoms with Gasteiger partial charge in [-0.15, -0.1) is 0 Å². The molecule has 0 aliphatic carbocycles. The van der Waals surface area contributed by atoms with Gasteiger partial charge in [0.2, 0.25) is 11.8 Å². The Morgan fingerprint density at radius 1 is 0.906 bits per heavy atom. The van der Waals surface area contributed by atoms with Crippen LogP contribution in [0.1, 0.15) is 19.8 Å². The number of hydrogen-bond donors (Lipinski definition) is 4. The molecule has 0 saturated carbocycles. The molecule has 0 bridgehead atoms. The monoisotopic (exact) mass is 478 g/mol. The second-order valence-corrected chi connectivity index (χ2v) is 7.09. The van der Waals surface area contributed by atoms with E-state index < -0.39 is 11.8 Å². The molecule has 2 aromatic carbocycles. The van der Waals surface area contributed by atoms with Gasteiger partial charge in [0.1, 0.15) is 11.5 Å². The third kappa shape index (κ3) is 9.19. The molecule has 0 radical (unpaired) electrons. The molecular formula is C21H23ClN4O5S. The lowest BCUT2D eigenvalue weighted by molar-refractivity contribution is -0.125. The van der Waals surface area contributed by atoms with Crippen LogP contribution >= 0.6 is 23.8 Å². The molecule has 32 heavy (non-hydrogen) atoms. The highest BCUT2D eigenvalue weighted by atomic mass is 35.5. The summed E-state index contributed by atoms with van der Waals surface area (Å²) in [7, 11) is 0. The highest BCUT2D eigenvalue weighted by Gasteiger charge is 2.10. The molecule has 0 unspecified atom stereocenters. The van der Waals surface area contributed by atoms with Gasteiger partial charge in [0.25, 0.3) is 5.91 Å². The lowest BCUT2D eigenvalue weighted by Gasteiger charge is -2.12. The average molecular weight is 479 g/mol. The van der Waals surface area contributed by atoms with E-state index in [0.29, 0.717) is 28.8 Å². The number of halogens is 1. The van der Waals surface area contributed by atoms with Crippen molar-refractivity contribution in [3.63, 3.8) is 0 Å². The molecule has 11 heteroatoms. The number of carbonyl (C=O) groups excluding carboxylic acids is 3. The smallest absolute Gasteiger partial charge is 0.264 e. The molecule has 0 saturated heterocycles. The van der Waals surface area contributed by atoms with Gasteiger partial charge in [0.05, 0.1) is 11.6 Å². The van der Waals surface area contributed by atoms with Crippen LogP contribution in [0.5, 0.6) is 11.5 Å². The number of amides is 3. The number of ether oxygens (including phenoxy) is 2. The Bertz CT molecular complexity index is 955. The summed E-state index contributed by atoms with van der Waals surface area (Å²) in [6.07, 6.45) is -0.117. The molecule has 9 nitrogen and oxygen atoms in total. The van der Waals surface area contributed by atoms with E-state index in [4.69, 9.17) is 33.3 Å². The van der Waals surface area contributed by atoms with Crippen molar-refractivity contribution < 1.29 is 23.9 Å². The van der Waals surface area contributed by atoms with Crippen LogP contribution in [0.15, 0.2) is 48.5 Å². The fourth-order valence-electron chi connectivity index (χ4n) is 2.34. The molecule has 0 fully saturated rings. The van der Waals surface area contributed by atoms with Gasteiger partial charge in [-0.1, -0.05) is 23.7 Å². The van der Waals surface area contributed by atoms with Gasteiger partial charge >= 0.3 is 0 Å². The zero-order valence-electron chi connectivity index (χ0n) is 17.3. The third-order valence-corrected chi connectivity index (χ3v) is 4.31. The normalized spacial score (nSPS) is 9.94. The van der Waals surface area contributed by atoms with E-state index in [-0.39, 0.29) is 30.5 Å². The molecule has 2 aromatic rings. The predicted octanol–water partition coefficient (Wildman–Crippen LogP) is 2.56. The first-order valence-electron chi connectivity index (χ1n) is 9.66. The summed E-state index contributed by atoms with van der Waals surface area (Å²) in [5.74, 6) is -0.270. The van der Waals surface area contributed by atoms with E-state index in [9.17, 15) is 14.4 Å². The van der Waals surface area contributed by atoms with Crippen molar-refractivity contribution in [1.82, 2.24) is 16.2 Å². The molecule has 0 aliphatic heterocycles. The topological polar surface area (TPSA) is 118 Å². The highest BCUT2D eigenvalue weighted by Crippen LogP contribution is 2.22. The molecule has 0 aliphatic rings. The molecule has 0 heterocycles. The SMILES string of the molecule is CCOc1ccc(NC(=O)CCC(=O)NNC(=S)NC(=O)COc2ccccc2Cl)cc1. The lowest BCUT2D eigenvalue weighted by atomic mass is 10.2. The number of carbonyl (C=O) groups is 3. The number of thiocarbonyl (C=S) groups is 1. The highest BCUT2D eigenvalue weighted by molar-refractivity contribution is 7.80. The van der Waals surface area contributed by atoms with Gasteiger partial charge in [-0.25, -0.2) is 0 Å². The van der Waals surface area contributed by atoms with E-state index >= 15 is 0 Å². The summed E-state index contributed by atoms with van der Waals surface area (Å²) >= 11 is 10.9. The minimum Gasteiger partial charge on any atom is -0.494 e. The Hall–Kier alpha value is -3.37. The summed E-state index contributed by atoms with van der Waals surface area (Å²) in [5.41, 5.74) is 5.29. The number of hydrogen-bond acceptors (Lipinski definition) is 6. The first-order valence-corrected chi connectivity index (χ1v) is 10.4. The maximum absolute atomic E-state index is 12.0. The first-order chi connectivity index (χ1) is 15.4. The number of benzene rings is 2. The zero-order valence-corrected chi connectivity index (χ0v) is 18.8. The molecule has 170 valence electrons. The first kappa shape index (κ1) is 24.9. The van der Waals surface area contributed by atoms with E-state index in [1.807, 2.05) is 6.92 Å². The van der Waals surface area contributed by atoms with Crippen LogP contribution in [0.4, 0.5) is 5.69 Å². The summed E-state index contributed by atoms with van der Waals surface area (Å²) in [6.45, 7) is 2.12. The van der Waals surface area contributed by atoms with Crippen LogP contribution in [0, 0.1) is 0 Å². The fraction of sp³-hybridized carbons (Fsp3) is 0.238. The minimum absolute atomic E-state index is 0.0362. The van der Waals surface area contributed by atoms with Gasteiger partial charge in [-0.2, -0.15) is 0 Å². The number of anilines is 1. The Kier molecular flexibility index (Phi) is 10.2. The Balaban J connectivity index is 1.62. The number of hydrazine groups is 1. The number of rotatable bonds is 9. The van der Waals surface area contributed by atoms with Crippen LogP contribution in [-0.2, 0) is 14.4 Å². The van der Waals surface area contributed by atoms with Crippen LogP contribution in [-0.4, -0.2) is 36.0 Å². The molecule has 0 atom stereocenters. The Morgan fingerprint density at radius 2 is 1.59 bits per heavy atom. The maximum Gasteiger partial charge on any atom is 0.264 e. The van der Waals surface area contributed by atoms with Gasteiger partial charge in [-0.05, 0) is 55.5 Å². The van der Waals surface area contributed by atoms with Gasteiger partial charge in [0.15, 0.2) is 11.7 Å². The standard InChI is InChI=1S/C21H23ClN4O5S/c1-2-30-15-9-7-14(8-10-15)23-18(27)11-12-19(28)25-26-21(32)24-20(29)13-31-17-6-4-3-5-16(17)22/h3-10H,2,11-13H2,1H3,(H,23,27)(H,25,28)(H2,24,26,29,32). The Morgan fingerprint density at radius 3 is 2.28 bits per heavy atom. The predicted molar refractivity (Wildman–Crippen MR) is 124 cm³/mol. The van der Waals surface area contributed by atoms with Crippen LogP contribution in [0.2, 0.25) is 5.02 Å². The summed E-state index contributed by atoms with van der Waals surface area (Å²) < 4.78 is 10.6. The number of para-hydroxylation sites is 1. The van der Waals surface area contributed by atoms with E-state index in [2.05, 4.69) is 21.5 Å². The molecular weight excluding hydrogens is 456 g/mol. The van der Waals surface area contributed by atoms with E-state index in [1.54, 1.807) is 48.5 Å². The van der Waals surface area contributed by atoms with Crippen LogP contribution < -0.4 is 31.0 Å². The molecule has 4 N–H and O–H groups in total. The minimum atomic E-state index is -0.536. The third-order valence-electron chi connectivity index (χ3n) is 3.79. The quantitative estimate of drug-likeness (QED) is 0.323. The second-order valence-electron chi connectivity index (χ2n) is 6.28. The van der Waals surface area contributed by atoms with Crippen molar-refractivity contribution in [1.29, 1.82) is 0 Å². The molecule has 0 spiro atoms. The van der Waals surface area contributed by atoms with Crippen molar-refractivity contribution in [2.24, 2.45) is 0 Å². The van der Waals surface area contributed by atoms with E-state index in [1.165, 1.54) is 0 Å². The molecule has 3 amide bonds. The van der Waals surface area contributed by atoms with Gasteiger partial charge < -0.3 is 14.8 Å². The van der Waals surface area contributed by atoms with Crippen molar-refractivity contribution >= 4 is 52.3 Å². The van der Waals surface area contributed by atoms with Gasteiger partial charge in [0, 0.05) is 18.5 Å². The average Bonchev–Trinajstić information content (AvgIpc) is 2.77. The van der Waals surface area contributed by atoms with E-state index in [0.717, 1.165) is 0 Å². The van der Waals surface area contributed by atoms with Crippen LogP contribution in [0.3, 0.4) is 0 Å². The van der Waals surface area contributed by atoms with Crippen molar-refractivity contribution in [2.45, 2.75) is 19.8 Å². The van der Waals surface area contributed by atoms with Crippen LogP contribution in [0.25, 0.3) is 0 Å². The fourth-order valence-corrected chi connectivity index (χ4v) is 2.69. The van der Waals surface area contributed by atoms with Crippen molar-refractivity contribution in [3.8, 4) is 11.5 Å². The second kappa shape index (κ2) is 13.1. The zero-order chi connectivity index (χ0) is 23.3. The largest absolute Gasteiger partial charge is 0.494 e. The lowest BCUT2D eigenvalue weighted by Crippen LogP contribution is -2.49. The Labute approximate surface area is 195 Å². The van der Waals surface area contributed by atoms with Crippen molar-refractivity contribution in [3.05, 3.63) is 53.6 Å². The van der Waals surface area contributed by atoms with Crippen molar-refractivity contribution in [2.75, 3.05) is 18.5 Å². The number of nitrogens with one attached hydrogen (secondary N) is 4. The molecule has 2 rings (SSSR count). The summed E-state index contributed by atoms with van der Waals surface area (Å²) in [4.78, 5) is 35.7. The summed E-state index contributed by atoms with van der Waals surface area (Å²) in [5, 5.41) is 5.29. The summed E-state index contributed by atoms with van der Waals surface area (Å²) in [6, 6.07) is 13.6. The van der Waals surface area contributed by atoms with Gasteiger partial charge in [-0.3, -0.25) is 30.6 Å². The maximum atomic E-state index is 12.0.